The predicted molar refractivity (Wildman–Crippen MR) is 114 cm³/mol. The van der Waals surface area contributed by atoms with E-state index in [1.807, 2.05) is 0 Å². The summed E-state index contributed by atoms with van der Waals surface area (Å²) in [4.78, 5) is 44.2. The lowest BCUT2D eigenvalue weighted by atomic mass is 9.63. The molecule has 7 nitrogen and oxygen atoms in total. The molecule has 7 rings (SSSR count). The molecular formula is C25H22N2O5. The van der Waals surface area contributed by atoms with Crippen molar-refractivity contribution in [3.05, 3.63) is 60.3 Å². The molecule has 3 fully saturated rings. The number of hydrogen-bond acceptors (Lipinski definition) is 6. The highest BCUT2D eigenvalue weighted by Crippen LogP contribution is 2.65. The number of Topliss-reactive ketones (excluding diaryl/α,β-unsaturated/α-hetero) is 1. The summed E-state index contributed by atoms with van der Waals surface area (Å²) in [5.74, 6) is 1.94. The lowest BCUT2D eigenvalue weighted by Crippen LogP contribution is -2.40. The number of aromatic nitrogens is 1. The third-order valence-electron chi connectivity index (χ3n) is 7.39. The fourth-order valence-corrected chi connectivity index (χ4v) is 5.78. The van der Waals surface area contributed by atoms with Gasteiger partial charge in [0.05, 0.1) is 25.1 Å². The highest BCUT2D eigenvalue weighted by molar-refractivity contribution is 6.22. The van der Waals surface area contributed by atoms with Crippen LogP contribution >= 0.6 is 0 Å². The molecule has 4 aliphatic carbocycles. The summed E-state index contributed by atoms with van der Waals surface area (Å²) in [6.07, 6.45) is 6.89. The van der Waals surface area contributed by atoms with Crippen LogP contribution in [0, 0.1) is 35.5 Å². The minimum Gasteiger partial charge on any atom is -0.497 e. The Kier molecular flexibility index (Phi) is 4.22. The van der Waals surface area contributed by atoms with E-state index in [0.29, 0.717) is 34.7 Å². The average Bonchev–Trinajstić information content (AvgIpc) is 3.61. The zero-order valence-corrected chi connectivity index (χ0v) is 17.5. The zero-order valence-electron chi connectivity index (χ0n) is 17.5. The minimum atomic E-state index is -0.249. The van der Waals surface area contributed by atoms with Crippen LogP contribution in [0.15, 0.2) is 54.7 Å². The first kappa shape index (κ1) is 19.2. The second kappa shape index (κ2) is 7.02. The number of anilines is 1. The molecule has 0 radical (unpaired) electrons. The van der Waals surface area contributed by atoms with Crippen LogP contribution in [-0.2, 0) is 9.59 Å². The van der Waals surface area contributed by atoms with Gasteiger partial charge in [-0.05, 0) is 66.5 Å². The van der Waals surface area contributed by atoms with Crippen LogP contribution < -0.4 is 14.4 Å². The number of benzene rings is 1. The maximum atomic E-state index is 13.2. The van der Waals surface area contributed by atoms with Crippen LogP contribution in [0.4, 0.5) is 5.82 Å². The van der Waals surface area contributed by atoms with Crippen LogP contribution in [0.25, 0.3) is 0 Å². The predicted octanol–water partition coefficient (Wildman–Crippen LogP) is 2.91. The second-order valence-electron chi connectivity index (χ2n) is 8.96. The van der Waals surface area contributed by atoms with Gasteiger partial charge in [0.1, 0.15) is 17.3 Å². The number of imide groups is 1. The zero-order chi connectivity index (χ0) is 22.0. The maximum Gasteiger partial charge on any atom is 0.239 e. The third kappa shape index (κ3) is 2.80. The number of allylic oxidation sites excluding steroid dienone is 2. The van der Waals surface area contributed by atoms with Crippen molar-refractivity contribution < 1.29 is 23.9 Å². The van der Waals surface area contributed by atoms with Crippen molar-refractivity contribution in [2.75, 3.05) is 18.6 Å². The molecule has 162 valence electrons. The normalized spacial score (nSPS) is 31.3. The molecule has 2 amide bonds. The molecule has 1 aromatic carbocycles. The summed E-state index contributed by atoms with van der Waals surface area (Å²) in [6, 6.07) is 10.0. The Balaban J connectivity index is 1.14. The van der Waals surface area contributed by atoms with Gasteiger partial charge in [-0.1, -0.05) is 12.2 Å². The molecule has 2 heterocycles. The van der Waals surface area contributed by atoms with Gasteiger partial charge < -0.3 is 9.47 Å². The van der Waals surface area contributed by atoms with E-state index in [0.717, 1.165) is 6.42 Å². The molecule has 2 unspecified atom stereocenters. The highest BCUT2D eigenvalue weighted by Gasteiger charge is 2.67. The molecule has 2 aromatic rings. The Morgan fingerprint density at radius 2 is 1.59 bits per heavy atom. The van der Waals surface area contributed by atoms with E-state index in [2.05, 4.69) is 17.1 Å². The van der Waals surface area contributed by atoms with Gasteiger partial charge in [0.25, 0.3) is 0 Å². The third-order valence-corrected chi connectivity index (χ3v) is 7.39. The Bertz CT molecular complexity index is 1100. The molecule has 0 N–H and O–H groups in total. The summed E-state index contributed by atoms with van der Waals surface area (Å²) >= 11 is 0. The number of pyridine rings is 1. The lowest BCUT2D eigenvalue weighted by Gasteiger charge is -2.37. The number of amides is 2. The molecule has 5 aliphatic rings. The summed E-state index contributed by atoms with van der Waals surface area (Å²) in [5, 5.41) is 0. The Morgan fingerprint density at radius 3 is 2.16 bits per heavy atom. The largest absolute Gasteiger partial charge is 0.497 e. The van der Waals surface area contributed by atoms with Gasteiger partial charge in [-0.15, -0.1) is 0 Å². The highest BCUT2D eigenvalue weighted by atomic mass is 16.5. The second-order valence-corrected chi connectivity index (χ2v) is 8.96. The van der Waals surface area contributed by atoms with Gasteiger partial charge >= 0.3 is 0 Å². The molecule has 2 bridgehead atoms. The summed E-state index contributed by atoms with van der Waals surface area (Å²) in [6.45, 7) is -0.142. The number of nitrogens with zero attached hydrogens (tertiary/aromatic N) is 2. The molecule has 1 aliphatic heterocycles. The van der Waals surface area contributed by atoms with Gasteiger partial charge in [0, 0.05) is 5.56 Å². The minimum absolute atomic E-state index is 0.138. The van der Waals surface area contributed by atoms with E-state index in [9.17, 15) is 14.4 Å². The first-order valence-corrected chi connectivity index (χ1v) is 10.9. The molecule has 7 heteroatoms. The summed E-state index contributed by atoms with van der Waals surface area (Å²) in [7, 11) is 1.57. The fourth-order valence-electron chi connectivity index (χ4n) is 5.78. The van der Waals surface area contributed by atoms with Crippen molar-refractivity contribution in [1.82, 2.24) is 4.98 Å². The van der Waals surface area contributed by atoms with E-state index in [1.165, 1.54) is 11.1 Å². The Hall–Kier alpha value is -3.48. The van der Waals surface area contributed by atoms with Crippen LogP contribution in [0.5, 0.6) is 11.5 Å². The SMILES string of the molecule is COc1ccc(C(=O)COc2ccc(N3C(=O)[C@@H]4[C@H](C3=O)[C@@H]3C=C[C@H]4C4CC43)nc2)cc1. The molecule has 32 heavy (non-hydrogen) atoms. The number of carbonyl (C=O) groups is 3. The van der Waals surface area contributed by atoms with Crippen molar-refractivity contribution >= 4 is 23.4 Å². The summed E-state index contributed by atoms with van der Waals surface area (Å²) in [5.41, 5.74) is 0.521. The molecule has 0 spiro atoms. The topological polar surface area (TPSA) is 85.8 Å². The molecule has 1 saturated heterocycles. The Labute approximate surface area is 185 Å². The van der Waals surface area contributed by atoms with Crippen molar-refractivity contribution in [3.63, 3.8) is 0 Å². The van der Waals surface area contributed by atoms with Crippen LogP contribution in [0.1, 0.15) is 16.8 Å². The molecule has 1 aromatic heterocycles. The monoisotopic (exact) mass is 430 g/mol. The number of carbonyl (C=O) groups excluding carboxylic acids is 3. The van der Waals surface area contributed by atoms with Crippen molar-refractivity contribution in [1.29, 1.82) is 0 Å². The quantitative estimate of drug-likeness (QED) is 0.398. The van der Waals surface area contributed by atoms with E-state index >= 15 is 0 Å². The fraction of sp³-hybridized carbons (Fsp3) is 0.360. The van der Waals surface area contributed by atoms with Gasteiger partial charge in [-0.25, -0.2) is 9.88 Å². The average molecular weight is 430 g/mol. The van der Waals surface area contributed by atoms with Crippen LogP contribution in [-0.4, -0.2) is 36.3 Å². The van der Waals surface area contributed by atoms with Crippen molar-refractivity contribution in [3.8, 4) is 11.5 Å². The molecular weight excluding hydrogens is 408 g/mol. The van der Waals surface area contributed by atoms with Crippen molar-refractivity contribution in [2.24, 2.45) is 35.5 Å². The number of methoxy groups -OCH3 is 1. The van der Waals surface area contributed by atoms with Crippen LogP contribution in [0.2, 0.25) is 0 Å². The first-order chi connectivity index (χ1) is 15.6. The van der Waals surface area contributed by atoms with Gasteiger partial charge in [0.15, 0.2) is 12.4 Å². The smallest absolute Gasteiger partial charge is 0.239 e. The van der Waals surface area contributed by atoms with E-state index in [1.54, 1.807) is 43.5 Å². The number of hydrogen-bond donors (Lipinski definition) is 0. The Morgan fingerprint density at radius 1 is 0.969 bits per heavy atom. The van der Waals surface area contributed by atoms with Crippen LogP contribution in [0.3, 0.4) is 0 Å². The number of ketones is 1. The number of rotatable bonds is 6. The van der Waals surface area contributed by atoms with E-state index in [-0.39, 0.29) is 47.9 Å². The first-order valence-electron chi connectivity index (χ1n) is 10.9. The number of ether oxygens (including phenoxy) is 2. The lowest BCUT2D eigenvalue weighted by molar-refractivity contribution is -0.124. The maximum absolute atomic E-state index is 13.2. The van der Waals surface area contributed by atoms with E-state index < -0.39 is 0 Å². The van der Waals surface area contributed by atoms with Gasteiger partial charge in [-0.2, -0.15) is 0 Å². The molecule has 2 saturated carbocycles. The standard InChI is InChI=1S/C25H22N2O5/c1-31-14-4-2-13(3-5-14)20(28)12-32-15-6-9-21(26-11-15)27-24(29)22-16-7-8-17(19-10-18(16)19)23(22)25(27)30/h2-9,11,16-19,22-23H,10,12H2,1H3/t16-,17+,18?,19?,22-,23+. The van der Waals surface area contributed by atoms with Gasteiger partial charge in [0.2, 0.25) is 11.8 Å². The van der Waals surface area contributed by atoms with Crippen molar-refractivity contribution in [2.45, 2.75) is 6.42 Å². The van der Waals surface area contributed by atoms with E-state index in [4.69, 9.17) is 9.47 Å². The summed E-state index contributed by atoms with van der Waals surface area (Å²) < 4.78 is 10.7. The molecule has 6 atom stereocenters. The van der Waals surface area contributed by atoms with Gasteiger partial charge in [-0.3, -0.25) is 14.4 Å².